The Bertz CT molecular complexity index is 619. The van der Waals surface area contributed by atoms with Crippen LogP contribution in [0.3, 0.4) is 0 Å². The number of likely N-dealkylation sites (tertiary alicyclic amines) is 2. The van der Waals surface area contributed by atoms with Gasteiger partial charge < -0.3 is 20.1 Å². The van der Waals surface area contributed by atoms with Crippen molar-refractivity contribution in [2.75, 3.05) is 26.7 Å². The first kappa shape index (κ1) is 18.6. The van der Waals surface area contributed by atoms with E-state index in [1.165, 1.54) is 0 Å². The number of carbonyl (C=O) groups is 2. The lowest BCUT2D eigenvalue weighted by molar-refractivity contribution is -0.141. The van der Waals surface area contributed by atoms with Crippen LogP contribution in [0.2, 0.25) is 0 Å². The Morgan fingerprint density at radius 3 is 2.77 bits per heavy atom. The highest BCUT2D eigenvalue weighted by molar-refractivity contribution is 5.76. The van der Waals surface area contributed by atoms with Gasteiger partial charge in [0, 0.05) is 38.1 Å². The summed E-state index contributed by atoms with van der Waals surface area (Å²) in [6, 6.07) is 3.12. The minimum absolute atomic E-state index is 0.111. The standard InChI is InChI=1S/C18H26N4O4/c1-21-11-14(9-16(21)17(23)24)20-18(25)22-7-4-15(5-8-22)26-12-13-3-2-6-19-10-13/h2-3,6,10,14-16H,4-5,7-9,11-12H2,1H3,(H,20,25)(H,23,24)/t14-,16-/m0/s1. The molecule has 2 aliphatic rings. The number of nitrogens with one attached hydrogen (secondary N) is 1. The lowest BCUT2D eigenvalue weighted by atomic mass is 10.1. The molecule has 8 heteroatoms. The summed E-state index contributed by atoms with van der Waals surface area (Å²) in [4.78, 5) is 31.2. The van der Waals surface area contributed by atoms with Gasteiger partial charge in [-0.25, -0.2) is 4.79 Å². The number of aliphatic carboxylic acids is 1. The zero-order valence-electron chi connectivity index (χ0n) is 15.0. The van der Waals surface area contributed by atoms with Crippen molar-refractivity contribution < 1.29 is 19.4 Å². The average molecular weight is 362 g/mol. The van der Waals surface area contributed by atoms with E-state index in [4.69, 9.17) is 9.84 Å². The summed E-state index contributed by atoms with van der Waals surface area (Å²) in [5.41, 5.74) is 1.05. The van der Waals surface area contributed by atoms with Gasteiger partial charge in [0.1, 0.15) is 6.04 Å². The SMILES string of the molecule is CN1C[C@@H](NC(=O)N2CCC(OCc3cccnc3)CC2)C[C@H]1C(=O)O. The third kappa shape index (κ3) is 4.70. The van der Waals surface area contributed by atoms with Crippen molar-refractivity contribution in [3.05, 3.63) is 30.1 Å². The molecular formula is C18H26N4O4. The van der Waals surface area contributed by atoms with Crippen molar-refractivity contribution in [2.45, 2.75) is 44.1 Å². The monoisotopic (exact) mass is 362 g/mol. The number of carboxylic acids is 1. The first-order valence-corrected chi connectivity index (χ1v) is 9.02. The molecule has 1 aromatic rings. The second kappa shape index (κ2) is 8.46. The molecule has 2 aliphatic heterocycles. The molecular weight excluding hydrogens is 336 g/mol. The highest BCUT2D eigenvalue weighted by atomic mass is 16.5. The number of carbonyl (C=O) groups excluding carboxylic acids is 1. The van der Waals surface area contributed by atoms with Crippen molar-refractivity contribution in [3.8, 4) is 0 Å². The zero-order chi connectivity index (χ0) is 18.5. The maximum atomic E-state index is 12.4. The van der Waals surface area contributed by atoms with Crippen LogP contribution in [0.1, 0.15) is 24.8 Å². The van der Waals surface area contributed by atoms with Crippen molar-refractivity contribution >= 4 is 12.0 Å². The van der Waals surface area contributed by atoms with Gasteiger partial charge in [-0.05, 0) is 37.9 Å². The van der Waals surface area contributed by atoms with Crippen molar-refractivity contribution in [1.29, 1.82) is 0 Å². The van der Waals surface area contributed by atoms with Crippen molar-refractivity contribution in [2.24, 2.45) is 0 Å². The number of pyridine rings is 1. The van der Waals surface area contributed by atoms with E-state index >= 15 is 0 Å². The topological polar surface area (TPSA) is 95.0 Å². The van der Waals surface area contributed by atoms with E-state index in [0.29, 0.717) is 32.7 Å². The highest BCUT2D eigenvalue weighted by Gasteiger charge is 2.36. The summed E-state index contributed by atoms with van der Waals surface area (Å²) >= 11 is 0. The van der Waals surface area contributed by atoms with Gasteiger partial charge in [-0.2, -0.15) is 0 Å². The fourth-order valence-electron chi connectivity index (χ4n) is 3.58. The molecule has 142 valence electrons. The predicted molar refractivity (Wildman–Crippen MR) is 94.6 cm³/mol. The molecule has 26 heavy (non-hydrogen) atoms. The summed E-state index contributed by atoms with van der Waals surface area (Å²) in [6.07, 6.45) is 5.73. The number of hydrogen-bond donors (Lipinski definition) is 2. The smallest absolute Gasteiger partial charge is 0.320 e. The minimum atomic E-state index is -0.837. The molecule has 8 nitrogen and oxygen atoms in total. The summed E-state index contributed by atoms with van der Waals surface area (Å²) in [5.74, 6) is -0.837. The van der Waals surface area contributed by atoms with E-state index < -0.39 is 12.0 Å². The molecule has 0 saturated carbocycles. The Hall–Kier alpha value is -2.19. The second-order valence-corrected chi connectivity index (χ2v) is 7.03. The van der Waals surface area contributed by atoms with E-state index in [0.717, 1.165) is 18.4 Å². The Morgan fingerprint density at radius 1 is 1.38 bits per heavy atom. The molecule has 2 fully saturated rings. The first-order chi connectivity index (χ1) is 12.5. The third-order valence-electron chi connectivity index (χ3n) is 5.10. The fourth-order valence-corrected chi connectivity index (χ4v) is 3.58. The molecule has 0 spiro atoms. The number of carboxylic acid groups (broad SMARTS) is 1. The molecule has 2 saturated heterocycles. The van der Waals surface area contributed by atoms with Crippen LogP contribution in [0.5, 0.6) is 0 Å². The Balaban J connectivity index is 1.39. The molecule has 2 amide bonds. The first-order valence-electron chi connectivity index (χ1n) is 9.02. The van der Waals surface area contributed by atoms with E-state index in [-0.39, 0.29) is 18.2 Å². The van der Waals surface area contributed by atoms with Gasteiger partial charge in [0.15, 0.2) is 0 Å². The molecule has 3 heterocycles. The summed E-state index contributed by atoms with van der Waals surface area (Å²) in [6.45, 7) is 2.39. The van der Waals surface area contributed by atoms with Gasteiger partial charge in [0.25, 0.3) is 0 Å². The van der Waals surface area contributed by atoms with Gasteiger partial charge >= 0.3 is 12.0 Å². The van der Waals surface area contributed by atoms with Crippen molar-refractivity contribution in [3.63, 3.8) is 0 Å². The number of ether oxygens (including phenoxy) is 1. The maximum Gasteiger partial charge on any atom is 0.320 e. The van der Waals surface area contributed by atoms with Gasteiger partial charge in [-0.1, -0.05) is 6.07 Å². The molecule has 0 aliphatic carbocycles. The van der Waals surface area contributed by atoms with E-state index in [1.54, 1.807) is 29.2 Å². The normalized spacial score (nSPS) is 24.6. The Morgan fingerprint density at radius 2 is 2.15 bits per heavy atom. The van der Waals surface area contributed by atoms with Gasteiger partial charge in [-0.15, -0.1) is 0 Å². The number of hydrogen-bond acceptors (Lipinski definition) is 5. The number of amides is 2. The van der Waals surface area contributed by atoms with Crippen LogP contribution < -0.4 is 5.32 Å². The van der Waals surface area contributed by atoms with E-state index in [9.17, 15) is 9.59 Å². The lowest BCUT2D eigenvalue weighted by Gasteiger charge is -2.32. The van der Waals surface area contributed by atoms with Crippen LogP contribution in [0, 0.1) is 0 Å². The molecule has 2 atom stereocenters. The van der Waals surface area contributed by atoms with Crippen LogP contribution in [0.25, 0.3) is 0 Å². The Kier molecular flexibility index (Phi) is 6.05. The van der Waals surface area contributed by atoms with Crippen LogP contribution in [0.15, 0.2) is 24.5 Å². The molecule has 0 aromatic carbocycles. The summed E-state index contributed by atoms with van der Waals surface area (Å²) in [5, 5.41) is 12.1. The Labute approximate surface area is 153 Å². The van der Waals surface area contributed by atoms with Crippen LogP contribution >= 0.6 is 0 Å². The van der Waals surface area contributed by atoms with Gasteiger partial charge in [-0.3, -0.25) is 14.7 Å². The number of rotatable bonds is 5. The molecule has 3 rings (SSSR count). The number of likely N-dealkylation sites (N-methyl/N-ethyl adjacent to an activating group) is 1. The molecule has 2 N–H and O–H groups in total. The summed E-state index contributed by atoms with van der Waals surface area (Å²) in [7, 11) is 1.77. The van der Waals surface area contributed by atoms with Crippen molar-refractivity contribution in [1.82, 2.24) is 20.1 Å². The average Bonchev–Trinajstić information content (AvgIpc) is 3.01. The highest BCUT2D eigenvalue weighted by Crippen LogP contribution is 2.18. The van der Waals surface area contributed by atoms with E-state index in [2.05, 4.69) is 10.3 Å². The molecule has 0 bridgehead atoms. The third-order valence-corrected chi connectivity index (χ3v) is 5.10. The lowest BCUT2D eigenvalue weighted by Crippen LogP contribution is -2.49. The van der Waals surface area contributed by atoms with Crippen LogP contribution in [0.4, 0.5) is 4.79 Å². The minimum Gasteiger partial charge on any atom is -0.480 e. The quantitative estimate of drug-likeness (QED) is 0.809. The number of urea groups is 1. The van der Waals surface area contributed by atoms with Gasteiger partial charge in [0.2, 0.25) is 0 Å². The largest absolute Gasteiger partial charge is 0.480 e. The zero-order valence-corrected chi connectivity index (χ0v) is 15.0. The van der Waals surface area contributed by atoms with E-state index in [1.807, 2.05) is 12.1 Å². The number of nitrogens with zero attached hydrogens (tertiary/aromatic N) is 3. The molecule has 1 aromatic heterocycles. The summed E-state index contributed by atoms with van der Waals surface area (Å²) < 4.78 is 5.91. The second-order valence-electron chi connectivity index (χ2n) is 7.03. The molecule has 0 unspecified atom stereocenters. The van der Waals surface area contributed by atoms with Crippen LogP contribution in [-0.4, -0.2) is 76.8 Å². The maximum absolute atomic E-state index is 12.4. The van der Waals surface area contributed by atoms with Crippen LogP contribution in [-0.2, 0) is 16.1 Å². The van der Waals surface area contributed by atoms with Gasteiger partial charge in [0.05, 0.1) is 12.7 Å². The number of piperidine rings is 1. The molecule has 0 radical (unpaired) electrons. The predicted octanol–water partition coefficient (Wildman–Crippen LogP) is 0.929. The fraction of sp³-hybridized carbons (Fsp3) is 0.611. The number of aromatic nitrogens is 1.